The third kappa shape index (κ3) is 4.40. The van der Waals surface area contributed by atoms with Gasteiger partial charge in [-0.25, -0.2) is 13.8 Å². The number of amidine groups is 1. The number of benzene rings is 1. The summed E-state index contributed by atoms with van der Waals surface area (Å²) < 4.78 is 72.0. The number of alkyl halides is 4. The molecule has 2 aliphatic rings. The van der Waals surface area contributed by atoms with Gasteiger partial charge in [0.2, 0.25) is 6.10 Å². The zero-order chi connectivity index (χ0) is 22.1. The number of nitrogens with zero attached hydrogens (tertiary/aromatic N) is 3. The van der Waals surface area contributed by atoms with Gasteiger partial charge in [0.05, 0.1) is 6.07 Å². The zero-order valence-electron chi connectivity index (χ0n) is 15.1. The van der Waals surface area contributed by atoms with Crippen molar-refractivity contribution in [1.82, 2.24) is 0 Å². The van der Waals surface area contributed by atoms with E-state index < -0.39 is 47.8 Å². The van der Waals surface area contributed by atoms with Gasteiger partial charge in [-0.2, -0.15) is 18.4 Å². The highest BCUT2D eigenvalue weighted by molar-refractivity contribution is 6.43. The van der Waals surface area contributed by atoms with E-state index in [9.17, 15) is 26.7 Å². The monoisotopic (exact) mass is 427 g/mol. The van der Waals surface area contributed by atoms with Crippen molar-refractivity contribution >= 4 is 23.3 Å². The maximum atomic E-state index is 14.5. The normalized spacial score (nSPS) is 24.0. The largest absolute Gasteiger partial charge is 0.449 e. The number of nitrogens with one attached hydrogen (secondary N) is 1. The molecule has 3 N–H and O–H groups in total. The Morgan fingerprint density at radius 2 is 2.07 bits per heavy atom. The maximum Gasteiger partial charge on any atom is 0.428 e. The molecule has 0 saturated carbocycles. The Labute approximate surface area is 166 Å². The van der Waals surface area contributed by atoms with E-state index >= 15 is 0 Å². The van der Waals surface area contributed by atoms with E-state index in [1.807, 2.05) is 6.07 Å². The molecule has 3 rings (SSSR count). The fourth-order valence-corrected chi connectivity index (χ4v) is 2.93. The number of aliphatic imine (C=N–C) groups is 2. The Hall–Kier alpha value is -3.49. The number of allylic oxidation sites excluding steroid dienone is 1. The summed E-state index contributed by atoms with van der Waals surface area (Å²) in [4.78, 5) is 19.6. The molecule has 0 unspecified atom stereocenters. The van der Waals surface area contributed by atoms with Crippen molar-refractivity contribution in [1.29, 1.82) is 5.26 Å². The molecule has 0 aliphatic carbocycles. The standard InChI is InChI=1S/C18H14F5N5O2/c19-11-3-2-9(27-16(29)12-4-1-8(6-24)7-26-12)5-10(11)14-13(20)15(18(21,22)23)30-17(25)28-14/h2-3,5,7,13-15H,1,4H2,(H2,25,28)(H,27,29)/t13-,14-,15+/m1/s1. The summed E-state index contributed by atoms with van der Waals surface area (Å²) in [5.41, 5.74) is 5.19. The number of nitriles is 1. The van der Waals surface area contributed by atoms with Gasteiger partial charge in [-0.15, -0.1) is 0 Å². The minimum atomic E-state index is -5.09. The van der Waals surface area contributed by atoms with Crippen LogP contribution >= 0.6 is 0 Å². The van der Waals surface area contributed by atoms with Gasteiger partial charge in [0, 0.05) is 23.0 Å². The lowest BCUT2D eigenvalue weighted by molar-refractivity contribution is -0.221. The van der Waals surface area contributed by atoms with Gasteiger partial charge in [0.25, 0.3) is 11.9 Å². The number of anilines is 1. The average molecular weight is 427 g/mol. The molecule has 1 aromatic carbocycles. The highest BCUT2D eigenvalue weighted by atomic mass is 19.4. The molecule has 30 heavy (non-hydrogen) atoms. The molecule has 0 fully saturated rings. The summed E-state index contributed by atoms with van der Waals surface area (Å²) in [6.45, 7) is 0. The van der Waals surface area contributed by atoms with Gasteiger partial charge in [0.15, 0.2) is 6.17 Å². The molecule has 12 heteroatoms. The molecule has 7 nitrogen and oxygen atoms in total. The SMILES string of the molecule is N#CC1=CN=C(C(=O)Nc2ccc(F)c([C@H]3N=C(N)O[C@H](C(F)(F)F)[C@@H]3F)c2)CC1. The van der Waals surface area contributed by atoms with Crippen LogP contribution < -0.4 is 11.1 Å². The highest BCUT2D eigenvalue weighted by Crippen LogP contribution is 2.39. The molecule has 1 aromatic rings. The molecule has 0 bridgehead atoms. The number of nitrogens with two attached hydrogens (primary N) is 1. The molecule has 2 aliphatic heterocycles. The van der Waals surface area contributed by atoms with Crippen LogP contribution in [0.25, 0.3) is 0 Å². The summed E-state index contributed by atoms with van der Waals surface area (Å²) in [5, 5.41) is 11.2. The van der Waals surface area contributed by atoms with Crippen molar-refractivity contribution in [2.24, 2.45) is 15.7 Å². The Bertz CT molecular complexity index is 996. The van der Waals surface area contributed by atoms with Crippen molar-refractivity contribution in [2.75, 3.05) is 5.32 Å². The summed E-state index contributed by atoms with van der Waals surface area (Å²) in [7, 11) is 0. The first kappa shape index (κ1) is 21.2. The van der Waals surface area contributed by atoms with E-state index in [4.69, 9.17) is 11.0 Å². The van der Waals surface area contributed by atoms with Gasteiger partial charge in [-0.3, -0.25) is 9.79 Å². The molecule has 3 atom stereocenters. The number of amides is 1. The summed E-state index contributed by atoms with van der Waals surface area (Å²) in [6.07, 6.45) is -8.99. The quantitative estimate of drug-likeness (QED) is 0.722. The van der Waals surface area contributed by atoms with E-state index in [0.29, 0.717) is 12.0 Å². The fraction of sp³-hybridized carbons (Fsp3) is 0.333. The third-order valence-electron chi connectivity index (χ3n) is 4.41. The zero-order valence-corrected chi connectivity index (χ0v) is 15.1. The Morgan fingerprint density at radius 1 is 1.33 bits per heavy atom. The number of carbonyl (C=O) groups is 1. The van der Waals surface area contributed by atoms with Crippen LogP contribution in [0.4, 0.5) is 27.6 Å². The van der Waals surface area contributed by atoms with Crippen LogP contribution in [0.15, 0.2) is 40.0 Å². The first-order chi connectivity index (χ1) is 14.1. The molecule has 1 amide bonds. The first-order valence-corrected chi connectivity index (χ1v) is 8.57. The second-order valence-corrected chi connectivity index (χ2v) is 6.47. The third-order valence-corrected chi connectivity index (χ3v) is 4.41. The van der Waals surface area contributed by atoms with Crippen LogP contribution in [0.3, 0.4) is 0 Å². The maximum absolute atomic E-state index is 14.5. The summed E-state index contributed by atoms with van der Waals surface area (Å²) in [6, 6.07) is 2.05. The smallest absolute Gasteiger partial charge is 0.428 e. The molecule has 2 heterocycles. The lowest BCUT2D eigenvalue weighted by atomic mass is 9.96. The van der Waals surface area contributed by atoms with Crippen molar-refractivity contribution in [3.05, 3.63) is 41.4 Å². The molecular formula is C18H14F5N5O2. The van der Waals surface area contributed by atoms with Crippen LogP contribution in [0.1, 0.15) is 24.4 Å². The van der Waals surface area contributed by atoms with Crippen molar-refractivity contribution < 1.29 is 31.5 Å². The van der Waals surface area contributed by atoms with E-state index in [-0.39, 0.29) is 17.8 Å². The molecule has 158 valence electrons. The van der Waals surface area contributed by atoms with Crippen LogP contribution in [0, 0.1) is 17.1 Å². The van der Waals surface area contributed by atoms with E-state index in [0.717, 1.165) is 18.2 Å². The Morgan fingerprint density at radius 3 is 2.67 bits per heavy atom. The number of ether oxygens (including phenoxy) is 1. The van der Waals surface area contributed by atoms with E-state index in [1.165, 1.54) is 6.20 Å². The number of hydrogen-bond donors (Lipinski definition) is 2. The number of hydrogen-bond acceptors (Lipinski definition) is 6. The number of carbonyl (C=O) groups excluding carboxylic acids is 1. The number of halogens is 5. The van der Waals surface area contributed by atoms with Gasteiger partial charge in [-0.1, -0.05) is 0 Å². The van der Waals surface area contributed by atoms with Gasteiger partial charge in [0.1, 0.15) is 17.6 Å². The molecule has 0 saturated heterocycles. The van der Waals surface area contributed by atoms with Gasteiger partial charge in [-0.05, 0) is 31.0 Å². The van der Waals surface area contributed by atoms with Crippen LogP contribution in [0.2, 0.25) is 0 Å². The minimum Gasteiger partial charge on any atom is -0.449 e. The average Bonchev–Trinajstić information content (AvgIpc) is 2.70. The van der Waals surface area contributed by atoms with Crippen molar-refractivity contribution in [2.45, 2.75) is 37.3 Å². The molecule has 0 aromatic heterocycles. The van der Waals surface area contributed by atoms with Gasteiger partial charge >= 0.3 is 6.18 Å². The summed E-state index contributed by atoms with van der Waals surface area (Å²) in [5.74, 6) is -1.68. The Kier molecular flexibility index (Phi) is 5.73. The molecular weight excluding hydrogens is 413 g/mol. The lowest BCUT2D eigenvalue weighted by Gasteiger charge is -2.32. The van der Waals surface area contributed by atoms with Crippen LogP contribution in [-0.4, -0.2) is 36.1 Å². The fourth-order valence-electron chi connectivity index (χ4n) is 2.93. The van der Waals surface area contributed by atoms with Crippen molar-refractivity contribution in [3.8, 4) is 6.07 Å². The molecule has 0 radical (unpaired) electrons. The second kappa shape index (κ2) is 8.10. The van der Waals surface area contributed by atoms with Crippen molar-refractivity contribution in [3.63, 3.8) is 0 Å². The summed E-state index contributed by atoms with van der Waals surface area (Å²) >= 11 is 0. The predicted molar refractivity (Wildman–Crippen MR) is 95.6 cm³/mol. The van der Waals surface area contributed by atoms with E-state index in [2.05, 4.69) is 20.0 Å². The Balaban J connectivity index is 1.86. The molecule has 0 spiro atoms. The predicted octanol–water partition coefficient (Wildman–Crippen LogP) is 3.06. The number of rotatable bonds is 3. The first-order valence-electron chi connectivity index (χ1n) is 8.57. The second-order valence-electron chi connectivity index (χ2n) is 6.47. The van der Waals surface area contributed by atoms with Crippen LogP contribution in [-0.2, 0) is 9.53 Å². The topological polar surface area (TPSA) is 113 Å². The highest BCUT2D eigenvalue weighted by Gasteiger charge is 2.53. The van der Waals surface area contributed by atoms with E-state index in [1.54, 1.807) is 0 Å². The van der Waals surface area contributed by atoms with Crippen LogP contribution in [0.5, 0.6) is 0 Å². The van der Waals surface area contributed by atoms with Gasteiger partial charge < -0.3 is 15.8 Å². The minimum absolute atomic E-state index is 0.00909. The lowest BCUT2D eigenvalue weighted by Crippen LogP contribution is -2.48.